The maximum absolute atomic E-state index is 11.4. The number of rotatable bonds is 6. The molecule has 0 radical (unpaired) electrons. The third-order valence-electron chi connectivity index (χ3n) is 4.20. The van der Waals surface area contributed by atoms with Gasteiger partial charge in [-0.15, -0.1) is 0 Å². The molecule has 1 amide bonds. The summed E-state index contributed by atoms with van der Waals surface area (Å²) in [6.45, 7) is 3.86. The van der Waals surface area contributed by atoms with Gasteiger partial charge in [0.25, 0.3) is 0 Å². The van der Waals surface area contributed by atoms with Crippen molar-refractivity contribution >= 4 is 35.2 Å². The molecule has 2 aromatic carbocycles. The minimum Gasteiger partial charge on any atom is -0.491 e. The highest BCUT2D eigenvalue weighted by Gasteiger charge is 2.31. The van der Waals surface area contributed by atoms with Gasteiger partial charge in [0.1, 0.15) is 17.7 Å². The molecule has 0 aliphatic carbocycles. The Balaban J connectivity index is 1.66. The lowest BCUT2D eigenvalue weighted by Gasteiger charge is -2.25. The summed E-state index contributed by atoms with van der Waals surface area (Å²) in [5.41, 5.74) is 2.55. The van der Waals surface area contributed by atoms with Crippen molar-refractivity contribution < 1.29 is 23.8 Å². The van der Waals surface area contributed by atoms with Crippen LogP contribution in [-0.2, 0) is 14.3 Å². The van der Waals surface area contributed by atoms with Gasteiger partial charge in [-0.1, -0.05) is 23.9 Å². The van der Waals surface area contributed by atoms with E-state index in [0.717, 1.165) is 16.1 Å². The number of benzene rings is 2. The van der Waals surface area contributed by atoms with Crippen molar-refractivity contribution in [2.75, 3.05) is 30.7 Å². The number of hydrogen-bond donors (Lipinski definition) is 1. The maximum Gasteiger partial charge on any atom is 0.411 e. The summed E-state index contributed by atoms with van der Waals surface area (Å²) in [6.07, 6.45) is -0.516. The number of esters is 1. The number of aryl methyl sites for hydroxylation is 1. The van der Waals surface area contributed by atoms with Crippen molar-refractivity contribution in [3.63, 3.8) is 0 Å². The topological polar surface area (TPSA) is 77.1 Å². The average Bonchev–Trinajstić information content (AvgIpc) is 3.04. The second-order valence-corrected chi connectivity index (χ2v) is 7.40. The zero-order valence-electron chi connectivity index (χ0n) is 15.9. The van der Waals surface area contributed by atoms with Crippen LogP contribution in [0.3, 0.4) is 0 Å². The van der Waals surface area contributed by atoms with Crippen LogP contribution in [0, 0.1) is 6.92 Å². The lowest BCUT2D eigenvalue weighted by molar-refractivity contribution is -0.140. The zero-order chi connectivity index (χ0) is 20.1. The van der Waals surface area contributed by atoms with E-state index >= 15 is 0 Å². The molecular formula is C20H22N2O5S. The normalized spacial score (nSPS) is 15.0. The fourth-order valence-electron chi connectivity index (χ4n) is 2.79. The van der Waals surface area contributed by atoms with Gasteiger partial charge in [-0.05, 0) is 42.8 Å². The van der Waals surface area contributed by atoms with Crippen molar-refractivity contribution in [2.24, 2.45) is 0 Å². The number of ether oxygens (including phenoxy) is 3. The molecule has 148 valence electrons. The van der Waals surface area contributed by atoms with E-state index < -0.39 is 6.09 Å². The Morgan fingerprint density at radius 1 is 1.21 bits per heavy atom. The summed E-state index contributed by atoms with van der Waals surface area (Å²) in [6, 6.07) is 13.4. The van der Waals surface area contributed by atoms with Crippen molar-refractivity contribution in [3.8, 4) is 5.75 Å². The van der Waals surface area contributed by atoms with Gasteiger partial charge < -0.3 is 19.1 Å². The molecule has 8 heteroatoms. The molecule has 1 N–H and O–H groups in total. The van der Waals surface area contributed by atoms with Gasteiger partial charge >= 0.3 is 12.1 Å². The molecular weight excluding hydrogens is 380 g/mol. The number of fused-ring (bicyclic) bond motifs is 1. The van der Waals surface area contributed by atoms with Gasteiger partial charge in [-0.3, -0.25) is 10.1 Å². The fraction of sp³-hybridized carbons (Fsp3) is 0.300. The largest absolute Gasteiger partial charge is 0.491 e. The first-order chi connectivity index (χ1) is 13.5. The van der Waals surface area contributed by atoms with E-state index in [9.17, 15) is 9.59 Å². The molecule has 28 heavy (non-hydrogen) atoms. The highest BCUT2D eigenvalue weighted by atomic mass is 32.2. The van der Waals surface area contributed by atoms with Gasteiger partial charge in [0.2, 0.25) is 0 Å². The number of carbonyl (C=O) groups is 2. The quantitative estimate of drug-likeness (QED) is 0.732. The van der Waals surface area contributed by atoms with E-state index in [4.69, 9.17) is 9.47 Å². The predicted octanol–water partition coefficient (Wildman–Crippen LogP) is 4.01. The van der Waals surface area contributed by atoms with Gasteiger partial charge in [0.05, 0.1) is 12.8 Å². The molecule has 1 aliphatic heterocycles. The summed E-state index contributed by atoms with van der Waals surface area (Å²) >= 11 is 1.67. The lowest BCUT2D eigenvalue weighted by Crippen LogP contribution is -2.36. The van der Waals surface area contributed by atoms with E-state index in [0.29, 0.717) is 18.0 Å². The molecule has 1 aliphatic rings. The highest BCUT2D eigenvalue weighted by molar-refractivity contribution is 8.00. The van der Waals surface area contributed by atoms with Crippen LogP contribution in [0.1, 0.15) is 12.5 Å². The van der Waals surface area contributed by atoms with Crippen LogP contribution in [0.15, 0.2) is 47.4 Å². The SMILES string of the molecule is COC(=O)Nc1ccc(OCC2Sc3ccccc3N2COC(C)=O)cc1C. The van der Waals surface area contributed by atoms with E-state index in [1.165, 1.54) is 14.0 Å². The number of hydrogen-bond acceptors (Lipinski definition) is 7. The number of methoxy groups -OCH3 is 1. The number of carbonyl (C=O) groups excluding carboxylic acids is 2. The standard InChI is InChI=1S/C20H22N2O5S/c1-13-10-15(8-9-16(13)21-20(24)25-3)26-11-19-22(12-27-14(2)23)17-6-4-5-7-18(17)28-19/h4-10,19H,11-12H2,1-3H3,(H,21,24). The predicted molar refractivity (Wildman–Crippen MR) is 108 cm³/mol. The minimum atomic E-state index is -0.516. The monoisotopic (exact) mass is 402 g/mol. The van der Waals surface area contributed by atoms with E-state index in [1.54, 1.807) is 23.9 Å². The average molecular weight is 402 g/mol. The second kappa shape index (κ2) is 8.88. The smallest absolute Gasteiger partial charge is 0.411 e. The maximum atomic E-state index is 11.4. The zero-order valence-corrected chi connectivity index (χ0v) is 16.7. The first kappa shape index (κ1) is 19.9. The molecule has 0 bridgehead atoms. The van der Waals surface area contributed by atoms with Gasteiger partial charge in [0, 0.05) is 17.5 Å². The molecule has 3 rings (SSSR count). The molecule has 0 fully saturated rings. The van der Waals surface area contributed by atoms with Gasteiger partial charge in [0.15, 0.2) is 6.73 Å². The van der Waals surface area contributed by atoms with Crippen LogP contribution >= 0.6 is 11.8 Å². The number of nitrogens with zero attached hydrogens (tertiary/aromatic N) is 1. The molecule has 1 heterocycles. The molecule has 1 atom stereocenters. The van der Waals surface area contributed by atoms with Gasteiger partial charge in [-0.2, -0.15) is 0 Å². The lowest BCUT2D eigenvalue weighted by atomic mass is 10.2. The Labute approximate surface area is 167 Å². The summed E-state index contributed by atoms with van der Waals surface area (Å²) in [5, 5.41) is 2.63. The first-order valence-corrected chi connectivity index (χ1v) is 9.60. The summed E-state index contributed by atoms with van der Waals surface area (Å²) in [4.78, 5) is 25.7. The van der Waals surface area contributed by atoms with Crippen LogP contribution in [0.2, 0.25) is 0 Å². The van der Waals surface area contributed by atoms with Crippen molar-refractivity contribution in [3.05, 3.63) is 48.0 Å². The van der Waals surface area contributed by atoms with Crippen molar-refractivity contribution in [1.29, 1.82) is 0 Å². The number of anilines is 2. The number of thioether (sulfide) groups is 1. The van der Waals surface area contributed by atoms with E-state index in [-0.39, 0.29) is 18.1 Å². The molecule has 0 aromatic heterocycles. The number of para-hydroxylation sites is 1. The third kappa shape index (κ3) is 4.69. The van der Waals surface area contributed by atoms with Crippen LogP contribution in [-0.4, -0.2) is 37.9 Å². The molecule has 2 aromatic rings. The molecule has 0 spiro atoms. The number of amides is 1. The fourth-order valence-corrected chi connectivity index (χ4v) is 3.99. The van der Waals surface area contributed by atoms with Crippen LogP contribution in [0.5, 0.6) is 5.75 Å². The van der Waals surface area contributed by atoms with Crippen LogP contribution in [0.25, 0.3) is 0 Å². The van der Waals surface area contributed by atoms with Gasteiger partial charge in [-0.25, -0.2) is 4.79 Å². The Kier molecular flexibility index (Phi) is 6.30. The van der Waals surface area contributed by atoms with Crippen LogP contribution < -0.4 is 15.0 Å². The summed E-state index contributed by atoms with van der Waals surface area (Å²) < 4.78 is 15.8. The van der Waals surface area contributed by atoms with Crippen molar-refractivity contribution in [2.45, 2.75) is 24.1 Å². The Bertz CT molecular complexity index is 873. The third-order valence-corrected chi connectivity index (χ3v) is 5.47. The van der Waals surface area contributed by atoms with E-state index in [2.05, 4.69) is 10.1 Å². The first-order valence-electron chi connectivity index (χ1n) is 8.72. The Morgan fingerprint density at radius 3 is 2.71 bits per heavy atom. The molecule has 7 nitrogen and oxygen atoms in total. The highest BCUT2D eigenvalue weighted by Crippen LogP contribution is 2.43. The van der Waals surface area contributed by atoms with E-state index in [1.807, 2.05) is 42.2 Å². The second-order valence-electron chi connectivity index (χ2n) is 6.18. The Hall–Kier alpha value is -2.87. The number of nitrogens with one attached hydrogen (secondary N) is 1. The molecule has 1 unspecified atom stereocenters. The minimum absolute atomic E-state index is 0.0232. The Morgan fingerprint density at radius 2 is 2.00 bits per heavy atom. The summed E-state index contributed by atoms with van der Waals surface area (Å²) in [5.74, 6) is 0.371. The van der Waals surface area contributed by atoms with Crippen molar-refractivity contribution in [1.82, 2.24) is 0 Å². The molecule has 0 saturated heterocycles. The summed E-state index contributed by atoms with van der Waals surface area (Å²) in [7, 11) is 1.32. The van der Waals surface area contributed by atoms with Crippen LogP contribution in [0.4, 0.5) is 16.2 Å². The molecule has 0 saturated carbocycles.